The molecule has 0 aromatic heterocycles. The quantitative estimate of drug-likeness (QED) is 0.837. The zero-order chi connectivity index (χ0) is 15.1. The Morgan fingerprint density at radius 2 is 2.00 bits per heavy atom. The maximum Gasteiger partial charge on any atom is 0.134 e. The van der Waals surface area contributed by atoms with E-state index in [4.69, 9.17) is 10.5 Å². The molecule has 0 aliphatic carbocycles. The van der Waals surface area contributed by atoms with E-state index in [9.17, 15) is 0 Å². The fraction of sp³-hybridized carbons (Fsp3) is 0.529. The van der Waals surface area contributed by atoms with E-state index in [0.29, 0.717) is 13.2 Å². The summed E-state index contributed by atoms with van der Waals surface area (Å²) in [5.74, 6) is 6.84. The van der Waals surface area contributed by atoms with Gasteiger partial charge in [0.1, 0.15) is 12.4 Å². The highest BCUT2D eigenvalue weighted by Gasteiger charge is 2.13. The molecule has 1 aliphatic rings. The molecular weight excluding hydrogens is 262 g/mol. The van der Waals surface area contributed by atoms with Gasteiger partial charge in [0.15, 0.2) is 0 Å². The predicted octanol–water partition coefficient (Wildman–Crippen LogP) is 0.931. The first-order valence-corrected chi connectivity index (χ1v) is 7.52. The highest BCUT2D eigenvalue weighted by molar-refractivity contribution is 5.48. The van der Waals surface area contributed by atoms with E-state index in [-0.39, 0.29) is 0 Å². The Kier molecular flexibility index (Phi) is 6.06. The minimum Gasteiger partial charge on any atom is -0.491 e. The predicted molar refractivity (Wildman–Crippen MR) is 86.5 cm³/mol. The van der Waals surface area contributed by atoms with E-state index in [0.717, 1.165) is 44.0 Å². The van der Waals surface area contributed by atoms with Crippen LogP contribution in [0.25, 0.3) is 0 Å². The van der Waals surface area contributed by atoms with Gasteiger partial charge < -0.3 is 15.4 Å². The Morgan fingerprint density at radius 1 is 1.24 bits per heavy atom. The highest BCUT2D eigenvalue weighted by Crippen LogP contribution is 2.19. The molecule has 0 amide bonds. The van der Waals surface area contributed by atoms with Crippen LogP contribution in [0, 0.1) is 18.8 Å². The van der Waals surface area contributed by atoms with Crippen molar-refractivity contribution >= 4 is 0 Å². The molecule has 1 fully saturated rings. The molecule has 0 saturated carbocycles. The molecule has 4 heteroatoms. The SMILES string of the molecule is Cc1ccc(OCCN2CCN(C)CC2)c(C#CCN)c1. The van der Waals surface area contributed by atoms with E-state index in [2.05, 4.69) is 41.7 Å². The minimum atomic E-state index is 0.370. The van der Waals surface area contributed by atoms with Crippen molar-refractivity contribution in [3.8, 4) is 17.6 Å². The molecule has 1 aliphatic heterocycles. The summed E-state index contributed by atoms with van der Waals surface area (Å²) in [5.41, 5.74) is 7.56. The van der Waals surface area contributed by atoms with Crippen molar-refractivity contribution < 1.29 is 4.74 Å². The van der Waals surface area contributed by atoms with Gasteiger partial charge in [-0.3, -0.25) is 4.90 Å². The number of rotatable bonds is 4. The molecule has 21 heavy (non-hydrogen) atoms. The largest absolute Gasteiger partial charge is 0.491 e. The Hall–Kier alpha value is -1.54. The summed E-state index contributed by atoms with van der Waals surface area (Å²) in [6.45, 7) is 8.60. The average molecular weight is 287 g/mol. The van der Waals surface area contributed by atoms with Crippen LogP contribution in [-0.4, -0.2) is 62.7 Å². The van der Waals surface area contributed by atoms with Crippen molar-refractivity contribution in [2.24, 2.45) is 5.73 Å². The van der Waals surface area contributed by atoms with Gasteiger partial charge in [0.2, 0.25) is 0 Å². The minimum absolute atomic E-state index is 0.370. The Labute approximate surface area is 127 Å². The van der Waals surface area contributed by atoms with Gasteiger partial charge >= 0.3 is 0 Å². The molecule has 1 saturated heterocycles. The van der Waals surface area contributed by atoms with Crippen molar-refractivity contribution in [2.45, 2.75) is 6.92 Å². The molecule has 2 rings (SSSR count). The van der Waals surface area contributed by atoms with E-state index in [1.54, 1.807) is 0 Å². The monoisotopic (exact) mass is 287 g/mol. The van der Waals surface area contributed by atoms with Gasteiger partial charge in [0.05, 0.1) is 12.1 Å². The van der Waals surface area contributed by atoms with Crippen LogP contribution >= 0.6 is 0 Å². The Morgan fingerprint density at radius 3 is 2.71 bits per heavy atom. The topological polar surface area (TPSA) is 41.7 Å². The van der Waals surface area contributed by atoms with Crippen molar-refractivity contribution in [3.05, 3.63) is 29.3 Å². The molecule has 1 aromatic rings. The van der Waals surface area contributed by atoms with Gasteiger partial charge in [-0.1, -0.05) is 17.9 Å². The fourth-order valence-corrected chi connectivity index (χ4v) is 2.37. The lowest BCUT2D eigenvalue weighted by Gasteiger charge is -2.32. The second kappa shape index (κ2) is 8.04. The Balaban J connectivity index is 1.88. The highest BCUT2D eigenvalue weighted by atomic mass is 16.5. The molecule has 2 N–H and O–H groups in total. The maximum atomic E-state index is 5.92. The van der Waals surface area contributed by atoms with Crippen LogP contribution in [0.4, 0.5) is 0 Å². The second-order valence-electron chi connectivity index (χ2n) is 5.50. The lowest BCUT2D eigenvalue weighted by molar-refractivity contribution is 0.133. The number of benzene rings is 1. The summed E-state index contributed by atoms with van der Waals surface area (Å²) in [4.78, 5) is 4.80. The summed E-state index contributed by atoms with van der Waals surface area (Å²) in [7, 11) is 2.17. The summed E-state index contributed by atoms with van der Waals surface area (Å²) in [5, 5.41) is 0. The van der Waals surface area contributed by atoms with Crippen molar-refractivity contribution in [3.63, 3.8) is 0 Å². The zero-order valence-electron chi connectivity index (χ0n) is 13.1. The van der Waals surface area contributed by atoms with Crippen molar-refractivity contribution in [2.75, 3.05) is 52.9 Å². The number of hydrogen-bond donors (Lipinski definition) is 1. The molecule has 4 nitrogen and oxygen atoms in total. The first-order valence-electron chi connectivity index (χ1n) is 7.52. The van der Waals surface area contributed by atoms with Crippen molar-refractivity contribution in [1.29, 1.82) is 0 Å². The second-order valence-corrected chi connectivity index (χ2v) is 5.50. The number of hydrogen-bond acceptors (Lipinski definition) is 4. The van der Waals surface area contributed by atoms with Gasteiger partial charge in [-0.25, -0.2) is 0 Å². The van der Waals surface area contributed by atoms with Gasteiger partial charge in [-0.15, -0.1) is 0 Å². The van der Waals surface area contributed by atoms with E-state index < -0.39 is 0 Å². The van der Waals surface area contributed by atoms with Crippen molar-refractivity contribution in [1.82, 2.24) is 9.80 Å². The lowest BCUT2D eigenvalue weighted by atomic mass is 10.1. The molecular formula is C17H25N3O. The lowest BCUT2D eigenvalue weighted by Crippen LogP contribution is -2.45. The molecule has 0 radical (unpaired) electrons. The van der Waals surface area contributed by atoms with E-state index in [1.165, 1.54) is 5.56 Å². The van der Waals surface area contributed by atoms with Crippen LogP contribution in [0.3, 0.4) is 0 Å². The molecule has 1 heterocycles. The van der Waals surface area contributed by atoms with Crippen LogP contribution < -0.4 is 10.5 Å². The third kappa shape index (κ3) is 5.05. The van der Waals surface area contributed by atoms with Crippen LogP contribution in [0.15, 0.2) is 18.2 Å². The first kappa shape index (κ1) is 15.8. The molecule has 0 bridgehead atoms. The number of likely N-dealkylation sites (N-methyl/N-ethyl adjacent to an activating group) is 1. The normalized spacial score (nSPS) is 16.3. The van der Waals surface area contributed by atoms with Gasteiger partial charge in [-0.2, -0.15) is 0 Å². The fourth-order valence-electron chi connectivity index (χ4n) is 2.37. The van der Waals surface area contributed by atoms with Gasteiger partial charge in [-0.05, 0) is 31.7 Å². The van der Waals surface area contributed by atoms with Crippen LogP contribution in [0.5, 0.6) is 5.75 Å². The average Bonchev–Trinajstić information content (AvgIpc) is 2.49. The molecule has 0 unspecified atom stereocenters. The Bertz CT molecular complexity index is 511. The number of aryl methyl sites for hydroxylation is 1. The molecule has 0 atom stereocenters. The third-order valence-electron chi connectivity index (χ3n) is 3.72. The number of nitrogens with zero attached hydrogens (tertiary/aromatic N) is 2. The van der Waals surface area contributed by atoms with Gasteiger partial charge in [0, 0.05) is 32.7 Å². The first-order chi connectivity index (χ1) is 10.2. The van der Waals surface area contributed by atoms with E-state index >= 15 is 0 Å². The zero-order valence-corrected chi connectivity index (χ0v) is 13.1. The summed E-state index contributed by atoms with van der Waals surface area (Å²) >= 11 is 0. The van der Waals surface area contributed by atoms with Crippen LogP contribution in [0.1, 0.15) is 11.1 Å². The number of ether oxygens (including phenoxy) is 1. The van der Waals surface area contributed by atoms with Crippen LogP contribution in [0.2, 0.25) is 0 Å². The summed E-state index contributed by atoms with van der Waals surface area (Å²) in [6.07, 6.45) is 0. The van der Waals surface area contributed by atoms with Gasteiger partial charge in [0.25, 0.3) is 0 Å². The van der Waals surface area contributed by atoms with Crippen LogP contribution in [-0.2, 0) is 0 Å². The molecule has 1 aromatic carbocycles. The molecule has 114 valence electrons. The number of piperazine rings is 1. The standard InChI is InChI=1S/C17H25N3O/c1-15-5-6-17(16(14-15)4-3-7-18)21-13-12-20-10-8-19(2)9-11-20/h5-6,14H,7-13,18H2,1-2H3. The third-order valence-corrected chi connectivity index (χ3v) is 3.72. The number of nitrogens with two attached hydrogens (primary N) is 1. The summed E-state index contributed by atoms with van der Waals surface area (Å²) < 4.78 is 5.92. The maximum absolute atomic E-state index is 5.92. The molecule has 0 spiro atoms. The van der Waals surface area contributed by atoms with E-state index in [1.807, 2.05) is 12.1 Å². The smallest absolute Gasteiger partial charge is 0.134 e. The summed E-state index contributed by atoms with van der Waals surface area (Å²) in [6, 6.07) is 6.10.